The molecule has 0 unspecified atom stereocenters. The van der Waals surface area contributed by atoms with E-state index in [4.69, 9.17) is 4.74 Å². The molecule has 0 aliphatic rings. The smallest absolute Gasteiger partial charge is 0.165 e. The quantitative estimate of drug-likeness (QED) is 0.431. The number of halogens is 1. The van der Waals surface area contributed by atoms with Crippen molar-refractivity contribution in [3.63, 3.8) is 0 Å². The molecule has 1 aromatic rings. The van der Waals surface area contributed by atoms with Gasteiger partial charge >= 0.3 is 0 Å². The molecule has 0 fully saturated rings. The molecule has 0 spiro atoms. The van der Waals surface area contributed by atoms with Gasteiger partial charge in [-0.05, 0) is 30.7 Å². The van der Waals surface area contributed by atoms with Gasteiger partial charge in [-0.3, -0.25) is 4.79 Å². The highest BCUT2D eigenvalue weighted by molar-refractivity contribution is 5.96. The molecule has 0 aliphatic carbocycles. The number of benzene rings is 1. The van der Waals surface area contributed by atoms with Crippen LogP contribution in [0.1, 0.15) is 62.2 Å². The van der Waals surface area contributed by atoms with Gasteiger partial charge in [0, 0.05) is 18.6 Å². The second kappa shape index (κ2) is 10.6. The Morgan fingerprint density at radius 2 is 1.65 bits per heavy atom. The molecule has 20 heavy (non-hydrogen) atoms. The summed E-state index contributed by atoms with van der Waals surface area (Å²) in [6, 6.07) is 5.66. The summed E-state index contributed by atoms with van der Waals surface area (Å²) in [7, 11) is 0. The van der Waals surface area contributed by atoms with Crippen LogP contribution < -0.4 is 0 Å². The van der Waals surface area contributed by atoms with Gasteiger partial charge in [0.25, 0.3) is 0 Å². The molecule has 112 valence electrons. The van der Waals surface area contributed by atoms with Crippen LogP contribution in [-0.4, -0.2) is 19.0 Å². The highest BCUT2D eigenvalue weighted by Gasteiger charge is 2.05. The second-order valence-electron chi connectivity index (χ2n) is 5.06. The summed E-state index contributed by atoms with van der Waals surface area (Å²) in [5.41, 5.74) is 0.551. The van der Waals surface area contributed by atoms with Crippen molar-refractivity contribution in [3.8, 4) is 0 Å². The van der Waals surface area contributed by atoms with Gasteiger partial charge in [0.15, 0.2) is 5.78 Å². The molecule has 0 saturated heterocycles. The Balaban J connectivity index is 2.01. The maximum Gasteiger partial charge on any atom is 0.165 e. The average Bonchev–Trinajstić information content (AvgIpc) is 2.46. The van der Waals surface area contributed by atoms with E-state index in [9.17, 15) is 9.18 Å². The van der Waals surface area contributed by atoms with Crippen molar-refractivity contribution in [1.82, 2.24) is 0 Å². The fraction of sp³-hybridized carbons (Fsp3) is 0.588. The summed E-state index contributed by atoms with van der Waals surface area (Å²) < 4.78 is 18.2. The zero-order valence-electron chi connectivity index (χ0n) is 12.4. The minimum Gasteiger partial charge on any atom is -0.381 e. The van der Waals surface area contributed by atoms with Crippen LogP contribution in [-0.2, 0) is 4.74 Å². The maximum atomic E-state index is 12.7. The van der Waals surface area contributed by atoms with Crippen LogP contribution in [0.5, 0.6) is 0 Å². The lowest BCUT2D eigenvalue weighted by molar-refractivity contribution is 0.0871. The van der Waals surface area contributed by atoms with Crippen molar-refractivity contribution >= 4 is 5.78 Å². The first-order chi connectivity index (χ1) is 9.74. The number of ketones is 1. The molecule has 1 rings (SSSR count). The Bertz CT molecular complexity index is 373. The zero-order valence-corrected chi connectivity index (χ0v) is 12.4. The number of ether oxygens (including phenoxy) is 1. The van der Waals surface area contributed by atoms with E-state index in [1.165, 1.54) is 56.4 Å². The summed E-state index contributed by atoms with van der Waals surface area (Å²) in [6.07, 6.45) is 7.78. The summed E-state index contributed by atoms with van der Waals surface area (Å²) in [6.45, 7) is 3.38. The molecule has 0 atom stereocenters. The number of Topliss-reactive ketones (excluding diaryl/α,β-unsaturated/α-hetero) is 1. The average molecular weight is 280 g/mol. The Labute approximate surface area is 121 Å². The largest absolute Gasteiger partial charge is 0.381 e. The standard InChI is InChI=1S/C17H25FO2/c1-2-3-4-5-6-7-13-20-14-12-17(19)15-8-10-16(18)11-9-15/h8-11H,2-7,12-14H2,1H3. The van der Waals surface area contributed by atoms with E-state index in [0.29, 0.717) is 18.6 Å². The van der Waals surface area contributed by atoms with Gasteiger partial charge < -0.3 is 4.74 Å². The van der Waals surface area contributed by atoms with E-state index in [1.807, 2.05) is 0 Å². The lowest BCUT2D eigenvalue weighted by Crippen LogP contribution is -2.05. The van der Waals surface area contributed by atoms with Crippen LogP contribution in [0, 0.1) is 5.82 Å². The first kappa shape index (κ1) is 16.8. The molecule has 0 aromatic heterocycles. The third kappa shape index (κ3) is 7.39. The molecule has 0 amide bonds. The third-order valence-corrected chi connectivity index (χ3v) is 3.28. The molecule has 0 N–H and O–H groups in total. The molecular weight excluding hydrogens is 255 g/mol. The molecule has 0 aliphatic heterocycles. The highest BCUT2D eigenvalue weighted by atomic mass is 19.1. The van der Waals surface area contributed by atoms with Crippen molar-refractivity contribution in [1.29, 1.82) is 0 Å². The predicted octanol–water partition coefficient (Wildman–Crippen LogP) is 4.78. The van der Waals surface area contributed by atoms with E-state index >= 15 is 0 Å². The second-order valence-corrected chi connectivity index (χ2v) is 5.06. The monoisotopic (exact) mass is 280 g/mol. The first-order valence-electron chi connectivity index (χ1n) is 7.60. The lowest BCUT2D eigenvalue weighted by atomic mass is 10.1. The molecule has 0 heterocycles. The van der Waals surface area contributed by atoms with Crippen LogP contribution >= 0.6 is 0 Å². The van der Waals surface area contributed by atoms with Crippen molar-refractivity contribution in [3.05, 3.63) is 35.6 Å². The van der Waals surface area contributed by atoms with Crippen molar-refractivity contribution in [2.24, 2.45) is 0 Å². The number of unbranched alkanes of at least 4 members (excludes halogenated alkanes) is 5. The van der Waals surface area contributed by atoms with Crippen molar-refractivity contribution in [2.45, 2.75) is 51.9 Å². The Morgan fingerprint density at radius 3 is 2.35 bits per heavy atom. The summed E-state index contributed by atoms with van der Waals surface area (Å²) in [5.74, 6) is -0.311. The van der Waals surface area contributed by atoms with Crippen LogP contribution in [0.15, 0.2) is 24.3 Å². The van der Waals surface area contributed by atoms with Gasteiger partial charge in [-0.1, -0.05) is 39.0 Å². The van der Waals surface area contributed by atoms with Crippen LogP contribution in [0.4, 0.5) is 4.39 Å². The van der Waals surface area contributed by atoms with Gasteiger partial charge in [0.1, 0.15) is 5.82 Å². The molecular formula is C17H25FO2. The van der Waals surface area contributed by atoms with E-state index in [0.717, 1.165) is 13.0 Å². The third-order valence-electron chi connectivity index (χ3n) is 3.28. The molecule has 1 aromatic carbocycles. The number of hydrogen-bond donors (Lipinski definition) is 0. The minimum atomic E-state index is -0.319. The van der Waals surface area contributed by atoms with Crippen molar-refractivity contribution in [2.75, 3.05) is 13.2 Å². The Morgan fingerprint density at radius 1 is 1.00 bits per heavy atom. The van der Waals surface area contributed by atoms with E-state index < -0.39 is 0 Å². The van der Waals surface area contributed by atoms with Crippen LogP contribution in [0.3, 0.4) is 0 Å². The number of rotatable bonds is 11. The molecule has 0 bridgehead atoms. The fourth-order valence-electron chi connectivity index (χ4n) is 2.03. The number of carbonyl (C=O) groups is 1. The first-order valence-corrected chi connectivity index (χ1v) is 7.60. The number of hydrogen-bond acceptors (Lipinski definition) is 2. The molecule has 0 saturated carbocycles. The van der Waals surface area contributed by atoms with E-state index in [-0.39, 0.29) is 11.6 Å². The Kier molecular flexibility index (Phi) is 8.88. The van der Waals surface area contributed by atoms with E-state index in [1.54, 1.807) is 0 Å². The minimum absolute atomic E-state index is 0.00736. The molecule has 2 nitrogen and oxygen atoms in total. The summed E-state index contributed by atoms with van der Waals surface area (Å²) >= 11 is 0. The zero-order chi connectivity index (χ0) is 14.6. The summed E-state index contributed by atoms with van der Waals surface area (Å²) in [5, 5.41) is 0. The van der Waals surface area contributed by atoms with Crippen molar-refractivity contribution < 1.29 is 13.9 Å². The lowest BCUT2D eigenvalue weighted by Gasteiger charge is -2.04. The van der Waals surface area contributed by atoms with Crippen LogP contribution in [0.2, 0.25) is 0 Å². The topological polar surface area (TPSA) is 26.3 Å². The number of carbonyl (C=O) groups excluding carboxylic acids is 1. The summed E-state index contributed by atoms with van der Waals surface area (Å²) in [4.78, 5) is 11.8. The highest BCUT2D eigenvalue weighted by Crippen LogP contribution is 2.07. The van der Waals surface area contributed by atoms with Crippen LogP contribution in [0.25, 0.3) is 0 Å². The normalized spacial score (nSPS) is 10.7. The fourth-order valence-corrected chi connectivity index (χ4v) is 2.03. The predicted molar refractivity (Wildman–Crippen MR) is 79.5 cm³/mol. The van der Waals surface area contributed by atoms with Gasteiger partial charge in [-0.2, -0.15) is 0 Å². The molecule has 0 radical (unpaired) electrons. The van der Waals surface area contributed by atoms with Gasteiger partial charge in [0.05, 0.1) is 6.61 Å². The maximum absolute atomic E-state index is 12.7. The van der Waals surface area contributed by atoms with Gasteiger partial charge in [0.2, 0.25) is 0 Å². The van der Waals surface area contributed by atoms with Gasteiger partial charge in [-0.15, -0.1) is 0 Å². The van der Waals surface area contributed by atoms with Gasteiger partial charge in [-0.25, -0.2) is 4.39 Å². The Hall–Kier alpha value is -1.22. The SMILES string of the molecule is CCCCCCCCOCCC(=O)c1ccc(F)cc1. The van der Waals surface area contributed by atoms with E-state index in [2.05, 4.69) is 6.92 Å². The molecule has 3 heteroatoms.